The van der Waals surface area contributed by atoms with E-state index in [0.29, 0.717) is 26.9 Å². The molecular formula is C19H24F3IN4O2. The van der Waals surface area contributed by atoms with Crippen LogP contribution in [-0.2, 0) is 11.3 Å². The second kappa shape index (κ2) is 9.52. The molecule has 0 unspecified atom stereocenters. The Balaban J connectivity index is 1.63. The number of hydrogen-bond donors (Lipinski definition) is 2. The van der Waals surface area contributed by atoms with Gasteiger partial charge in [0.15, 0.2) is 0 Å². The molecule has 0 aliphatic carbocycles. The Hall–Kier alpha value is -1.53. The van der Waals surface area contributed by atoms with E-state index in [1.165, 1.54) is 4.57 Å². The maximum atomic E-state index is 12.9. The highest BCUT2D eigenvalue weighted by Gasteiger charge is 2.30. The number of ether oxygens (including phenoxy) is 1. The molecule has 1 aliphatic rings. The summed E-state index contributed by atoms with van der Waals surface area (Å²) in [5.41, 5.74) is 0.937. The number of nitrogens with zero attached hydrogens (tertiary/aromatic N) is 2. The molecule has 2 amide bonds. The average Bonchev–Trinajstić information content (AvgIpc) is 2.96. The number of carbonyl (C=O) groups is 1. The van der Waals surface area contributed by atoms with E-state index in [1.807, 2.05) is 22.6 Å². The molecule has 10 heteroatoms. The first-order valence-corrected chi connectivity index (χ1v) is 10.5. The Morgan fingerprint density at radius 3 is 2.69 bits per heavy atom. The van der Waals surface area contributed by atoms with Crippen molar-refractivity contribution in [2.45, 2.75) is 31.6 Å². The van der Waals surface area contributed by atoms with Crippen molar-refractivity contribution >= 4 is 45.2 Å². The number of nitrogens with one attached hydrogen (secondary N) is 2. The van der Waals surface area contributed by atoms with Crippen molar-refractivity contribution in [2.75, 3.05) is 38.7 Å². The first-order chi connectivity index (χ1) is 13.8. The van der Waals surface area contributed by atoms with Crippen molar-refractivity contribution in [3.05, 3.63) is 28.0 Å². The van der Waals surface area contributed by atoms with Gasteiger partial charge in [-0.1, -0.05) is 6.07 Å². The van der Waals surface area contributed by atoms with Crippen molar-refractivity contribution in [3.8, 4) is 0 Å². The van der Waals surface area contributed by atoms with Gasteiger partial charge in [-0.2, -0.15) is 13.2 Å². The van der Waals surface area contributed by atoms with Gasteiger partial charge in [-0.15, -0.1) is 0 Å². The van der Waals surface area contributed by atoms with E-state index in [0.717, 1.165) is 32.5 Å². The molecule has 2 aromatic rings. The van der Waals surface area contributed by atoms with Crippen LogP contribution >= 0.6 is 22.6 Å². The lowest BCUT2D eigenvalue weighted by molar-refractivity contribution is -0.140. The van der Waals surface area contributed by atoms with Crippen LogP contribution in [0.3, 0.4) is 0 Å². The van der Waals surface area contributed by atoms with Crippen LogP contribution in [0.25, 0.3) is 10.9 Å². The fourth-order valence-electron chi connectivity index (χ4n) is 3.57. The first-order valence-electron chi connectivity index (χ1n) is 9.40. The predicted molar refractivity (Wildman–Crippen MR) is 114 cm³/mol. The minimum absolute atomic E-state index is 0.0722. The fraction of sp³-hybridized carbons (Fsp3) is 0.526. The van der Waals surface area contributed by atoms with Gasteiger partial charge in [0.05, 0.1) is 21.5 Å². The molecule has 0 spiro atoms. The molecule has 1 saturated heterocycles. The molecule has 1 aromatic carbocycles. The lowest BCUT2D eigenvalue weighted by Crippen LogP contribution is -2.46. The number of amides is 2. The number of aromatic nitrogens is 1. The standard InChI is InChI=1S/C19H24F3IN4O2/c1-29-10-9-26-7-5-13(6-8-26)24-18(28)25-15-3-2-4-16-14(15)11-17(23)27(16)12-19(20,21)22/h2-4,11,13H,5-10,12H2,1H3,(H2,24,25,28). The molecule has 6 nitrogen and oxygen atoms in total. The second-order valence-electron chi connectivity index (χ2n) is 7.11. The third-order valence-electron chi connectivity index (χ3n) is 5.02. The largest absolute Gasteiger partial charge is 0.406 e. The number of halogens is 4. The summed E-state index contributed by atoms with van der Waals surface area (Å²) in [5, 5.41) is 6.36. The van der Waals surface area contributed by atoms with E-state index in [4.69, 9.17) is 4.74 Å². The Bertz CT molecular complexity index is 848. The normalized spacial score (nSPS) is 16.3. The first kappa shape index (κ1) is 22.2. The Morgan fingerprint density at radius 1 is 1.31 bits per heavy atom. The molecule has 2 N–H and O–H groups in total. The van der Waals surface area contributed by atoms with E-state index >= 15 is 0 Å². The summed E-state index contributed by atoms with van der Waals surface area (Å²) in [5.74, 6) is 0. The zero-order valence-corrected chi connectivity index (χ0v) is 18.2. The van der Waals surface area contributed by atoms with Crippen LogP contribution in [0.5, 0.6) is 0 Å². The molecule has 0 bridgehead atoms. The van der Waals surface area contributed by atoms with Gasteiger partial charge in [-0.3, -0.25) is 0 Å². The number of likely N-dealkylation sites (tertiary alicyclic amines) is 1. The summed E-state index contributed by atoms with van der Waals surface area (Å²) in [7, 11) is 1.68. The number of alkyl halides is 3. The fourth-order valence-corrected chi connectivity index (χ4v) is 4.31. The van der Waals surface area contributed by atoms with Crippen LogP contribution in [0.15, 0.2) is 24.3 Å². The molecule has 1 aliphatic heterocycles. The number of piperidine rings is 1. The highest BCUT2D eigenvalue weighted by molar-refractivity contribution is 14.1. The zero-order valence-electron chi connectivity index (χ0n) is 16.1. The van der Waals surface area contributed by atoms with Crippen molar-refractivity contribution in [2.24, 2.45) is 0 Å². The molecule has 29 heavy (non-hydrogen) atoms. The van der Waals surface area contributed by atoms with Crippen LogP contribution in [0.1, 0.15) is 12.8 Å². The molecule has 1 aromatic heterocycles. The summed E-state index contributed by atoms with van der Waals surface area (Å²) >= 11 is 1.88. The molecule has 3 rings (SSSR count). The predicted octanol–water partition coefficient (Wildman–Crippen LogP) is 4.04. The monoisotopic (exact) mass is 524 g/mol. The molecule has 0 atom stereocenters. The summed E-state index contributed by atoms with van der Waals surface area (Å²) in [4.78, 5) is 14.8. The highest BCUT2D eigenvalue weighted by atomic mass is 127. The number of carbonyl (C=O) groups excluding carboxylic acids is 1. The SMILES string of the molecule is COCCN1CCC(NC(=O)Nc2cccc3c2cc(I)n3CC(F)(F)F)CC1. The summed E-state index contributed by atoms with van der Waals surface area (Å²) in [6.45, 7) is 2.29. The van der Waals surface area contributed by atoms with Crippen LogP contribution < -0.4 is 10.6 Å². The number of hydrogen-bond acceptors (Lipinski definition) is 3. The third kappa shape index (κ3) is 5.98. The topological polar surface area (TPSA) is 58.5 Å². The van der Waals surface area contributed by atoms with Crippen molar-refractivity contribution in [1.82, 2.24) is 14.8 Å². The number of benzene rings is 1. The van der Waals surface area contributed by atoms with Crippen molar-refractivity contribution in [3.63, 3.8) is 0 Å². The number of methoxy groups -OCH3 is 1. The van der Waals surface area contributed by atoms with Crippen molar-refractivity contribution < 1.29 is 22.7 Å². The van der Waals surface area contributed by atoms with Gasteiger partial charge in [-0.05, 0) is 53.6 Å². The second-order valence-corrected chi connectivity index (χ2v) is 8.22. The Labute approximate surface area is 180 Å². The molecular weight excluding hydrogens is 500 g/mol. The number of urea groups is 1. The molecule has 0 radical (unpaired) electrons. The summed E-state index contributed by atoms with van der Waals surface area (Å²) in [6.07, 6.45) is -2.62. The van der Waals surface area contributed by atoms with Crippen LogP contribution in [-0.4, -0.2) is 61.1 Å². The van der Waals surface area contributed by atoms with E-state index < -0.39 is 12.7 Å². The van der Waals surface area contributed by atoms with E-state index in [9.17, 15) is 18.0 Å². The van der Waals surface area contributed by atoms with Crippen LogP contribution in [0.4, 0.5) is 23.7 Å². The maximum absolute atomic E-state index is 12.9. The quantitative estimate of drug-likeness (QED) is 0.562. The van der Waals surface area contributed by atoms with Gasteiger partial charge < -0.3 is 24.8 Å². The molecule has 1 fully saturated rings. The summed E-state index contributed by atoms with van der Waals surface area (Å²) < 4.78 is 45.4. The molecule has 2 heterocycles. The van der Waals surface area contributed by atoms with Gasteiger partial charge in [0.25, 0.3) is 0 Å². The average molecular weight is 524 g/mol. The summed E-state index contributed by atoms with van der Waals surface area (Å²) in [6, 6.07) is 6.36. The van der Waals surface area contributed by atoms with E-state index in [1.54, 1.807) is 31.4 Å². The minimum atomic E-state index is -4.31. The van der Waals surface area contributed by atoms with E-state index in [2.05, 4.69) is 15.5 Å². The molecule has 160 valence electrons. The number of fused-ring (bicyclic) bond motifs is 1. The maximum Gasteiger partial charge on any atom is 0.406 e. The van der Waals surface area contributed by atoms with Gasteiger partial charge in [0.2, 0.25) is 0 Å². The Kier molecular flexibility index (Phi) is 7.28. The highest BCUT2D eigenvalue weighted by Crippen LogP contribution is 2.30. The van der Waals surface area contributed by atoms with E-state index in [-0.39, 0.29) is 12.1 Å². The lowest BCUT2D eigenvalue weighted by atomic mass is 10.1. The smallest absolute Gasteiger partial charge is 0.383 e. The van der Waals surface area contributed by atoms with Gasteiger partial charge in [-0.25, -0.2) is 4.79 Å². The third-order valence-corrected chi connectivity index (χ3v) is 5.91. The van der Waals surface area contributed by atoms with Crippen LogP contribution in [0.2, 0.25) is 0 Å². The number of anilines is 1. The van der Waals surface area contributed by atoms with Gasteiger partial charge >= 0.3 is 12.2 Å². The van der Waals surface area contributed by atoms with Crippen molar-refractivity contribution in [1.29, 1.82) is 0 Å². The zero-order chi connectivity index (χ0) is 21.0. The number of rotatable bonds is 6. The van der Waals surface area contributed by atoms with Gasteiger partial charge in [0.1, 0.15) is 6.54 Å². The molecule has 0 saturated carbocycles. The minimum Gasteiger partial charge on any atom is -0.383 e. The van der Waals surface area contributed by atoms with Gasteiger partial charge in [0, 0.05) is 38.2 Å². The lowest BCUT2D eigenvalue weighted by Gasteiger charge is -2.32. The van der Waals surface area contributed by atoms with Crippen LogP contribution in [0, 0.1) is 3.70 Å². The Morgan fingerprint density at radius 2 is 2.03 bits per heavy atom.